The van der Waals surface area contributed by atoms with Crippen LogP contribution in [0.15, 0.2) is 47.4 Å². The normalized spacial score (nSPS) is 11.1. The molecule has 8 nitrogen and oxygen atoms in total. The molecule has 0 aliphatic heterocycles. The average Bonchev–Trinajstić information content (AvgIpc) is 2.60. The lowest BCUT2D eigenvalue weighted by atomic mass is 10.2. The minimum atomic E-state index is -4.52. The molecular weight excluding hydrogens is 379 g/mol. The monoisotopic (exact) mass is 396 g/mol. The molecule has 2 aromatic rings. The van der Waals surface area contributed by atoms with Crippen molar-refractivity contribution < 1.29 is 27.3 Å². The van der Waals surface area contributed by atoms with Crippen molar-refractivity contribution in [1.29, 1.82) is 0 Å². The highest BCUT2D eigenvalue weighted by molar-refractivity contribution is 7.93. The minimum absolute atomic E-state index is 0.0259. The van der Waals surface area contributed by atoms with Crippen molar-refractivity contribution in [2.24, 2.45) is 0 Å². The predicted molar refractivity (Wildman–Crippen MR) is 95.4 cm³/mol. The van der Waals surface area contributed by atoms with Crippen molar-refractivity contribution in [2.75, 3.05) is 17.5 Å². The topological polar surface area (TPSA) is 107 Å². The van der Waals surface area contributed by atoms with E-state index >= 15 is 0 Å². The number of nitrogens with zero attached hydrogens (tertiary/aromatic N) is 2. The van der Waals surface area contributed by atoms with Crippen LogP contribution in [0.25, 0.3) is 0 Å². The highest BCUT2D eigenvalue weighted by Crippen LogP contribution is 2.32. The largest absolute Gasteiger partial charge is 0.465 e. The number of rotatable bonds is 7. The molecule has 2 rings (SSSR count). The lowest BCUT2D eigenvalue weighted by molar-refractivity contribution is -0.387. The molecule has 0 aromatic heterocycles. The molecule has 0 aliphatic carbocycles. The lowest BCUT2D eigenvalue weighted by Gasteiger charge is -2.24. The molecule has 0 atom stereocenters. The molecule has 0 amide bonds. The molecule has 0 bridgehead atoms. The fourth-order valence-corrected chi connectivity index (χ4v) is 4.25. The van der Waals surface area contributed by atoms with Crippen molar-refractivity contribution >= 4 is 27.4 Å². The van der Waals surface area contributed by atoms with Gasteiger partial charge in [0.1, 0.15) is 12.4 Å². The van der Waals surface area contributed by atoms with E-state index in [1.165, 1.54) is 19.1 Å². The van der Waals surface area contributed by atoms with E-state index in [1.807, 2.05) is 0 Å². The second-order valence-corrected chi connectivity index (χ2v) is 7.27. The van der Waals surface area contributed by atoms with Crippen LogP contribution in [0.3, 0.4) is 0 Å². The number of benzene rings is 2. The molecule has 2 aromatic carbocycles. The molecule has 0 saturated carbocycles. The van der Waals surface area contributed by atoms with Crippen LogP contribution in [-0.4, -0.2) is 32.5 Å². The van der Waals surface area contributed by atoms with Gasteiger partial charge in [0.15, 0.2) is 4.90 Å². The zero-order chi connectivity index (χ0) is 20.2. The van der Waals surface area contributed by atoms with Gasteiger partial charge in [-0.05, 0) is 43.7 Å². The first kappa shape index (κ1) is 20.3. The van der Waals surface area contributed by atoms with Crippen LogP contribution in [0.5, 0.6) is 0 Å². The van der Waals surface area contributed by atoms with Crippen LogP contribution in [-0.2, 0) is 19.6 Å². The van der Waals surface area contributed by atoms with Crippen LogP contribution in [0.2, 0.25) is 0 Å². The number of halogens is 1. The zero-order valence-corrected chi connectivity index (χ0v) is 15.4. The van der Waals surface area contributed by atoms with Gasteiger partial charge >= 0.3 is 5.97 Å². The maximum Gasteiger partial charge on any atom is 0.326 e. The summed E-state index contributed by atoms with van der Waals surface area (Å²) in [6, 6.07) is 8.21. The van der Waals surface area contributed by atoms with Gasteiger partial charge in [-0.2, -0.15) is 0 Å². The number of carbonyl (C=O) groups excluding carboxylic acids is 1. The van der Waals surface area contributed by atoms with Crippen LogP contribution in [0.1, 0.15) is 12.5 Å². The maximum atomic E-state index is 13.2. The molecule has 10 heteroatoms. The predicted octanol–water partition coefficient (Wildman–Crippen LogP) is 2.80. The van der Waals surface area contributed by atoms with Gasteiger partial charge < -0.3 is 4.74 Å². The molecule has 27 heavy (non-hydrogen) atoms. The SMILES string of the molecule is CCOC(=O)CN(c1ccc(F)cc1)S(=O)(=O)c1c(C)cccc1[N+](=O)[O-]. The number of hydrogen-bond acceptors (Lipinski definition) is 6. The molecule has 0 radical (unpaired) electrons. The first-order valence-electron chi connectivity index (χ1n) is 7.86. The number of nitro groups is 1. The smallest absolute Gasteiger partial charge is 0.326 e. The third-order valence-corrected chi connectivity index (χ3v) is 5.60. The summed E-state index contributed by atoms with van der Waals surface area (Å²) < 4.78 is 45.2. The van der Waals surface area contributed by atoms with E-state index in [1.54, 1.807) is 6.92 Å². The van der Waals surface area contributed by atoms with Gasteiger partial charge in [-0.1, -0.05) is 12.1 Å². The standard InChI is InChI=1S/C17H17FN2O6S/c1-3-26-16(21)11-19(14-9-7-13(18)8-10-14)27(24,25)17-12(2)5-4-6-15(17)20(22)23/h4-10H,3,11H2,1-2H3. The number of esters is 1. The van der Waals surface area contributed by atoms with Crippen molar-refractivity contribution in [2.45, 2.75) is 18.7 Å². The van der Waals surface area contributed by atoms with E-state index in [9.17, 15) is 27.7 Å². The molecule has 144 valence electrons. The second kappa shape index (κ2) is 8.12. The van der Waals surface area contributed by atoms with Crippen molar-refractivity contribution in [1.82, 2.24) is 0 Å². The van der Waals surface area contributed by atoms with E-state index in [2.05, 4.69) is 0 Å². The highest BCUT2D eigenvalue weighted by Gasteiger charge is 2.35. The first-order chi connectivity index (χ1) is 12.7. The summed E-state index contributed by atoms with van der Waals surface area (Å²) >= 11 is 0. The number of ether oxygens (including phenoxy) is 1. The van der Waals surface area contributed by atoms with Gasteiger partial charge in [-0.25, -0.2) is 12.8 Å². The van der Waals surface area contributed by atoms with E-state index < -0.39 is 43.9 Å². The Bertz CT molecular complexity index is 960. The van der Waals surface area contributed by atoms with Gasteiger partial charge in [-0.3, -0.25) is 19.2 Å². The molecule has 0 unspecified atom stereocenters. The molecule has 0 aliphatic rings. The Kier molecular flexibility index (Phi) is 6.11. The quantitative estimate of drug-likeness (QED) is 0.405. The summed E-state index contributed by atoms with van der Waals surface area (Å²) in [6.45, 7) is 2.28. The number of hydrogen-bond donors (Lipinski definition) is 0. The highest BCUT2D eigenvalue weighted by atomic mass is 32.2. The maximum absolute atomic E-state index is 13.2. The molecular formula is C17H17FN2O6S. The molecule has 0 spiro atoms. The molecule has 0 fully saturated rings. The Balaban J connectivity index is 2.66. The Hall–Kier alpha value is -3.01. The molecule has 0 N–H and O–H groups in total. The fraction of sp³-hybridized carbons (Fsp3) is 0.235. The van der Waals surface area contributed by atoms with Gasteiger partial charge in [0.2, 0.25) is 0 Å². The summed E-state index contributed by atoms with van der Waals surface area (Å²) in [7, 11) is -4.52. The van der Waals surface area contributed by atoms with Crippen LogP contribution in [0, 0.1) is 22.9 Å². The summed E-state index contributed by atoms with van der Waals surface area (Å²) in [4.78, 5) is 21.9. The third kappa shape index (κ3) is 4.40. The second-order valence-electron chi connectivity index (χ2n) is 5.47. The molecule has 0 heterocycles. The van der Waals surface area contributed by atoms with Gasteiger partial charge in [-0.15, -0.1) is 0 Å². The zero-order valence-electron chi connectivity index (χ0n) is 14.6. The Morgan fingerprint density at radius 1 is 1.22 bits per heavy atom. The van der Waals surface area contributed by atoms with E-state index in [-0.39, 0.29) is 17.9 Å². The fourth-order valence-electron chi connectivity index (χ4n) is 2.47. The summed E-state index contributed by atoms with van der Waals surface area (Å²) in [5.74, 6) is -1.45. The Morgan fingerprint density at radius 2 is 1.85 bits per heavy atom. The first-order valence-corrected chi connectivity index (χ1v) is 9.30. The van der Waals surface area contributed by atoms with Gasteiger partial charge in [0.05, 0.1) is 17.2 Å². The Morgan fingerprint density at radius 3 is 2.41 bits per heavy atom. The number of sulfonamides is 1. The van der Waals surface area contributed by atoms with Crippen LogP contribution in [0.4, 0.5) is 15.8 Å². The van der Waals surface area contributed by atoms with Crippen molar-refractivity contribution in [3.05, 3.63) is 64.0 Å². The average molecular weight is 396 g/mol. The van der Waals surface area contributed by atoms with E-state index in [0.29, 0.717) is 4.31 Å². The van der Waals surface area contributed by atoms with Crippen molar-refractivity contribution in [3.8, 4) is 0 Å². The number of aryl methyl sites for hydroxylation is 1. The van der Waals surface area contributed by atoms with E-state index in [0.717, 1.165) is 30.3 Å². The van der Waals surface area contributed by atoms with Gasteiger partial charge in [0, 0.05) is 6.07 Å². The summed E-state index contributed by atoms with van der Waals surface area (Å²) in [5, 5.41) is 11.3. The third-order valence-electron chi connectivity index (χ3n) is 3.63. The van der Waals surface area contributed by atoms with Crippen molar-refractivity contribution in [3.63, 3.8) is 0 Å². The van der Waals surface area contributed by atoms with Gasteiger partial charge in [0.25, 0.3) is 15.7 Å². The number of nitro benzene ring substituents is 1. The number of carbonyl (C=O) groups is 1. The van der Waals surface area contributed by atoms with Crippen LogP contribution < -0.4 is 4.31 Å². The van der Waals surface area contributed by atoms with Crippen LogP contribution >= 0.6 is 0 Å². The van der Waals surface area contributed by atoms with E-state index in [4.69, 9.17) is 4.74 Å². The number of anilines is 1. The lowest BCUT2D eigenvalue weighted by Crippen LogP contribution is -2.37. The summed E-state index contributed by atoms with van der Waals surface area (Å²) in [5.41, 5.74) is -0.506. The minimum Gasteiger partial charge on any atom is -0.465 e. The molecule has 0 saturated heterocycles. The summed E-state index contributed by atoms with van der Waals surface area (Å²) in [6.07, 6.45) is 0. The Labute approximate surface area is 155 Å².